The molecule has 116 valence electrons. The maximum absolute atomic E-state index is 6.09. The molecule has 4 nitrogen and oxygen atoms in total. The fraction of sp³-hybridized carbons (Fsp3) is 0.529. The SMILES string of the molecule is COc1cc(CC(C)N)cc(OC)c1OC1C=CCCC1. The molecule has 0 heterocycles. The van der Waals surface area contributed by atoms with Crippen LogP contribution in [0.25, 0.3) is 0 Å². The summed E-state index contributed by atoms with van der Waals surface area (Å²) in [6, 6.07) is 4.05. The van der Waals surface area contributed by atoms with Gasteiger partial charge in [-0.2, -0.15) is 0 Å². The minimum absolute atomic E-state index is 0.0841. The highest BCUT2D eigenvalue weighted by Crippen LogP contribution is 2.40. The Balaban J connectivity index is 2.29. The van der Waals surface area contributed by atoms with Crippen LogP contribution in [0.5, 0.6) is 17.2 Å². The Bertz CT molecular complexity index is 472. The van der Waals surface area contributed by atoms with Crippen molar-refractivity contribution >= 4 is 0 Å². The van der Waals surface area contributed by atoms with Crippen LogP contribution in [0.2, 0.25) is 0 Å². The van der Waals surface area contributed by atoms with E-state index in [2.05, 4.69) is 12.2 Å². The van der Waals surface area contributed by atoms with E-state index in [1.165, 1.54) is 0 Å². The Hall–Kier alpha value is -1.68. The molecule has 2 rings (SSSR count). The molecule has 4 heteroatoms. The maximum atomic E-state index is 6.09. The molecule has 2 atom stereocenters. The molecule has 1 aromatic rings. The lowest BCUT2D eigenvalue weighted by atomic mass is 10.0. The van der Waals surface area contributed by atoms with Crippen LogP contribution >= 0.6 is 0 Å². The van der Waals surface area contributed by atoms with Crippen LogP contribution in [0, 0.1) is 0 Å². The summed E-state index contributed by atoms with van der Waals surface area (Å²) in [5.41, 5.74) is 6.96. The summed E-state index contributed by atoms with van der Waals surface area (Å²) in [4.78, 5) is 0. The summed E-state index contributed by atoms with van der Waals surface area (Å²) in [6.45, 7) is 1.98. The van der Waals surface area contributed by atoms with Gasteiger partial charge in [0.05, 0.1) is 14.2 Å². The molecule has 0 amide bonds. The second kappa shape index (κ2) is 7.36. The molecule has 0 bridgehead atoms. The first-order chi connectivity index (χ1) is 10.1. The molecule has 0 saturated heterocycles. The van der Waals surface area contributed by atoms with Gasteiger partial charge in [0.25, 0.3) is 0 Å². The van der Waals surface area contributed by atoms with Crippen LogP contribution in [0.1, 0.15) is 31.7 Å². The largest absolute Gasteiger partial charge is 0.493 e. The zero-order chi connectivity index (χ0) is 15.2. The van der Waals surface area contributed by atoms with E-state index in [0.717, 1.165) is 31.2 Å². The number of hydrogen-bond acceptors (Lipinski definition) is 4. The van der Waals surface area contributed by atoms with E-state index in [0.29, 0.717) is 17.2 Å². The maximum Gasteiger partial charge on any atom is 0.204 e. The lowest BCUT2D eigenvalue weighted by Gasteiger charge is -2.22. The van der Waals surface area contributed by atoms with Crippen molar-refractivity contribution in [3.05, 3.63) is 29.8 Å². The standard InChI is InChI=1S/C17H25NO3/c1-12(18)9-13-10-15(19-2)17(16(11-13)20-3)21-14-7-5-4-6-8-14/h5,7,10-12,14H,4,6,8-9,18H2,1-3H3. The summed E-state index contributed by atoms with van der Waals surface area (Å²) in [5.74, 6) is 2.07. The van der Waals surface area contributed by atoms with E-state index in [9.17, 15) is 0 Å². The van der Waals surface area contributed by atoms with Gasteiger partial charge in [0, 0.05) is 6.04 Å². The van der Waals surface area contributed by atoms with E-state index in [1.54, 1.807) is 14.2 Å². The van der Waals surface area contributed by atoms with E-state index >= 15 is 0 Å². The lowest BCUT2D eigenvalue weighted by molar-refractivity contribution is 0.209. The Kier molecular flexibility index (Phi) is 5.51. The van der Waals surface area contributed by atoms with Crippen molar-refractivity contribution in [2.45, 2.75) is 44.8 Å². The van der Waals surface area contributed by atoms with Crippen molar-refractivity contribution in [1.82, 2.24) is 0 Å². The first-order valence-electron chi connectivity index (χ1n) is 7.47. The van der Waals surface area contributed by atoms with Crippen LogP contribution in [0.4, 0.5) is 0 Å². The Morgan fingerprint density at radius 2 is 1.90 bits per heavy atom. The zero-order valence-corrected chi connectivity index (χ0v) is 13.1. The van der Waals surface area contributed by atoms with Gasteiger partial charge in [-0.1, -0.05) is 6.08 Å². The monoisotopic (exact) mass is 291 g/mol. The molecule has 0 spiro atoms. The molecule has 2 N–H and O–H groups in total. The molecule has 0 saturated carbocycles. The van der Waals surface area contributed by atoms with Crippen molar-refractivity contribution in [3.8, 4) is 17.2 Å². The average molecular weight is 291 g/mol. The summed E-state index contributed by atoms with van der Waals surface area (Å²) >= 11 is 0. The van der Waals surface area contributed by atoms with Crippen molar-refractivity contribution < 1.29 is 14.2 Å². The lowest BCUT2D eigenvalue weighted by Crippen LogP contribution is -2.19. The van der Waals surface area contributed by atoms with Gasteiger partial charge in [-0.3, -0.25) is 0 Å². The van der Waals surface area contributed by atoms with Gasteiger partial charge >= 0.3 is 0 Å². The quantitative estimate of drug-likeness (QED) is 0.818. The number of methoxy groups -OCH3 is 2. The Labute approximate surface area is 126 Å². The molecular weight excluding hydrogens is 266 g/mol. The Morgan fingerprint density at radius 1 is 1.24 bits per heavy atom. The van der Waals surface area contributed by atoms with Gasteiger partial charge in [-0.25, -0.2) is 0 Å². The zero-order valence-electron chi connectivity index (χ0n) is 13.1. The molecule has 0 radical (unpaired) electrons. The highest BCUT2D eigenvalue weighted by atomic mass is 16.5. The molecule has 1 aromatic carbocycles. The van der Waals surface area contributed by atoms with Crippen LogP contribution in [0.15, 0.2) is 24.3 Å². The fourth-order valence-electron chi connectivity index (χ4n) is 2.57. The smallest absolute Gasteiger partial charge is 0.204 e. The van der Waals surface area contributed by atoms with Crippen LogP contribution in [0.3, 0.4) is 0 Å². The first kappa shape index (κ1) is 15.7. The third kappa shape index (κ3) is 4.14. The number of allylic oxidation sites excluding steroid dienone is 1. The van der Waals surface area contributed by atoms with Gasteiger partial charge in [0.15, 0.2) is 11.5 Å². The fourth-order valence-corrected chi connectivity index (χ4v) is 2.57. The number of benzene rings is 1. The van der Waals surface area contributed by atoms with E-state index in [-0.39, 0.29) is 12.1 Å². The summed E-state index contributed by atoms with van der Waals surface area (Å²) in [7, 11) is 3.29. The van der Waals surface area contributed by atoms with Gasteiger partial charge < -0.3 is 19.9 Å². The minimum Gasteiger partial charge on any atom is -0.493 e. The van der Waals surface area contributed by atoms with E-state index in [1.807, 2.05) is 19.1 Å². The number of hydrogen-bond donors (Lipinski definition) is 1. The van der Waals surface area contributed by atoms with Gasteiger partial charge in [0.1, 0.15) is 6.10 Å². The third-order valence-electron chi connectivity index (χ3n) is 3.56. The molecule has 0 aliphatic heterocycles. The molecule has 1 aliphatic rings. The van der Waals surface area contributed by atoms with Crippen molar-refractivity contribution in [3.63, 3.8) is 0 Å². The second-order valence-electron chi connectivity index (χ2n) is 5.53. The molecule has 2 unspecified atom stereocenters. The van der Waals surface area contributed by atoms with Gasteiger partial charge in [-0.05, 0) is 56.4 Å². The summed E-state index contributed by atoms with van der Waals surface area (Å²) in [5, 5.41) is 0. The predicted molar refractivity (Wildman–Crippen MR) is 84.3 cm³/mol. The molecular formula is C17H25NO3. The number of nitrogens with two attached hydrogens (primary N) is 1. The Morgan fingerprint density at radius 3 is 2.38 bits per heavy atom. The van der Waals surface area contributed by atoms with E-state index < -0.39 is 0 Å². The van der Waals surface area contributed by atoms with Crippen LogP contribution < -0.4 is 19.9 Å². The highest BCUT2D eigenvalue weighted by molar-refractivity contribution is 5.54. The first-order valence-corrected chi connectivity index (χ1v) is 7.47. The minimum atomic E-state index is 0.0841. The van der Waals surface area contributed by atoms with Crippen molar-refractivity contribution in [2.24, 2.45) is 5.73 Å². The topological polar surface area (TPSA) is 53.7 Å². The number of ether oxygens (including phenoxy) is 3. The van der Waals surface area contributed by atoms with Crippen molar-refractivity contribution in [2.75, 3.05) is 14.2 Å². The molecule has 21 heavy (non-hydrogen) atoms. The summed E-state index contributed by atoms with van der Waals surface area (Å²) in [6.07, 6.45) is 8.42. The van der Waals surface area contributed by atoms with Crippen LogP contribution in [-0.4, -0.2) is 26.4 Å². The predicted octanol–water partition coefficient (Wildman–Crippen LogP) is 3.08. The van der Waals surface area contributed by atoms with Crippen LogP contribution in [-0.2, 0) is 6.42 Å². The molecule has 0 aromatic heterocycles. The highest BCUT2D eigenvalue weighted by Gasteiger charge is 2.19. The normalized spacial score (nSPS) is 19.1. The van der Waals surface area contributed by atoms with Gasteiger partial charge in [-0.15, -0.1) is 0 Å². The third-order valence-corrected chi connectivity index (χ3v) is 3.56. The van der Waals surface area contributed by atoms with Gasteiger partial charge in [0.2, 0.25) is 5.75 Å². The summed E-state index contributed by atoms with van der Waals surface area (Å²) < 4.78 is 17.1. The average Bonchev–Trinajstić information content (AvgIpc) is 2.48. The molecule has 0 fully saturated rings. The van der Waals surface area contributed by atoms with Crippen molar-refractivity contribution in [1.29, 1.82) is 0 Å². The number of rotatable bonds is 6. The second-order valence-corrected chi connectivity index (χ2v) is 5.53. The molecule has 1 aliphatic carbocycles. The van der Waals surface area contributed by atoms with E-state index in [4.69, 9.17) is 19.9 Å².